The predicted octanol–water partition coefficient (Wildman–Crippen LogP) is 1.70. The van der Waals surface area contributed by atoms with Gasteiger partial charge in [0.1, 0.15) is 0 Å². The van der Waals surface area contributed by atoms with E-state index in [1.165, 1.54) is 5.56 Å². The summed E-state index contributed by atoms with van der Waals surface area (Å²) < 4.78 is 1.72. The molecule has 1 amide bonds. The quantitative estimate of drug-likeness (QED) is 0.585. The Morgan fingerprint density at radius 3 is 2.65 bits per heavy atom. The van der Waals surface area contributed by atoms with E-state index in [-0.39, 0.29) is 12.3 Å². The molecule has 0 aliphatic heterocycles. The second-order valence-electron chi connectivity index (χ2n) is 6.31. The van der Waals surface area contributed by atoms with Gasteiger partial charge in [0.15, 0.2) is 5.82 Å². The molecule has 0 aliphatic rings. The molecule has 0 fully saturated rings. The highest BCUT2D eigenvalue weighted by Crippen LogP contribution is 2.03. The Kier molecular flexibility index (Phi) is 8.75. The average Bonchev–Trinajstić information content (AvgIpc) is 3.10. The Labute approximate surface area is 155 Å². The molecule has 0 aliphatic carbocycles. The van der Waals surface area contributed by atoms with E-state index in [1.54, 1.807) is 4.68 Å². The smallest absolute Gasteiger partial charge is 0.227 e. The van der Waals surface area contributed by atoms with Gasteiger partial charge in [-0.3, -0.25) is 4.79 Å². The topological polar surface area (TPSA) is 75.9 Å². The fourth-order valence-electron chi connectivity index (χ4n) is 2.84. The van der Waals surface area contributed by atoms with Gasteiger partial charge in [-0.2, -0.15) is 0 Å². The van der Waals surface area contributed by atoms with Crippen LogP contribution in [0.15, 0.2) is 30.3 Å². The molecule has 1 heterocycles. The molecule has 1 aromatic carbocycles. The minimum Gasteiger partial charge on any atom is -0.356 e. The van der Waals surface area contributed by atoms with Crippen LogP contribution in [0.5, 0.6) is 0 Å². The number of amides is 1. The summed E-state index contributed by atoms with van der Waals surface area (Å²) in [5.74, 6) is 0.588. The van der Waals surface area contributed by atoms with Gasteiger partial charge in [0.25, 0.3) is 0 Å². The number of aromatic nitrogens is 4. The summed E-state index contributed by atoms with van der Waals surface area (Å²) in [5.41, 5.74) is 1.23. The maximum absolute atomic E-state index is 12.1. The minimum atomic E-state index is -0.0244. The van der Waals surface area contributed by atoms with E-state index < -0.39 is 0 Å². The van der Waals surface area contributed by atoms with Gasteiger partial charge in [-0.1, -0.05) is 44.2 Å². The van der Waals surface area contributed by atoms with Gasteiger partial charge in [0, 0.05) is 13.1 Å². The van der Waals surface area contributed by atoms with Crippen LogP contribution in [0.1, 0.15) is 38.1 Å². The third-order valence-corrected chi connectivity index (χ3v) is 4.50. The average molecular weight is 358 g/mol. The first kappa shape index (κ1) is 20.0. The van der Waals surface area contributed by atoms with Crippen LogP contribution in [0.4, 0.5) is 0 Å². The zero-order valence-electron chi connectivity index (χ0n) is 15.9. The number of nitrogens with one attached hydrogen (secondary N) is 1. The number of benzene rings is 1. The normalized spacial score (nSPS) is 11.0. The lowest BCUT2D eigenvalue weighted by Gasteiger charge is -2.17. The molecule has 7 heteroatoms. The summed E-state index contributed by atoms with van der Waals surface area (Å²) in [5, 5.41) is 14.7. The zero-order valence-corrected chi connectivity index (χ0v) is 15.9. The largest absolute Gasteiger partial charge is 0.356 e. The molecule has 0 saturated heterocycles. The Hall–Kier alpha value is -2.28. The van der Waals surface area contributed by atoms with Gasteiger partial charge in [-0.05, 0) is 54.9 Å². The van der Waals surface area contributed by atoms with Crippen molar-refractivity contribution in [2.24, 2.45) is 0 Å². The lowest BCUT2D eigenvalue weighted by molar-refractivity contribution is -0.120. The summed E-state index contributed by atoms with van der Waals surface area (Å²) in [6.45, 7) is 8.96. The molecule has 2 aromatic rings. The van der Waals surface area contributed by atoms with Crippen molar-refractivity contribution in [2.45, 2.75) is 46.1 Å². The number of unbranched alkanes of at least 4 members (excludes halogenated alkanes) is 1. The maximum Gasteiger partial charge on any atom is 0.227 e. The molecule has 0 atom stereocenters. The van der Waals surface area contributed by atoms with Gasteiger partial charge >= 0.3 is 0 Å². The number of rotatable bonds is 12. The summed E-state index contributed by atoms with van der Waals surface area (Å²) >= 11 is 0. The maximum atomic E-state index is 12.1. The molecule has 142 valence electrons. The molecular weight excluding hydrogens is 328 g/mol. The fourth-order valence-corrected chi connectivity index (χ4v) is 2.84. The van der Waals surface area contributed by atoms with Crippen molar-refractivity contribution in [3.8, 4) is 0 Å². The number of nitrogens with zero attached hydrogens (tertiary/aromatic N) is 5. The van der Waals surface area contributed by atoms with Crippen molar-refractivity contribution in [2.75, 3.05) is 26.2 Å². The monoisotopic (exact) mass is 358 g/mol. The number of hydrogen-bond donors (Lipinski definition) is 1. The molecule has 0 spiro atoms. The van der Waals surface area contributed by atoms with E-state index in [4.69, 9.17) is 0 Å². The lowest BCUT2D eigenvalue weighted by atomic mass is 10.1. The fraction of sp³-hybridized carbons (Fsp3) is 0.579. The van der Waals surface area contributed by atoms with Crippen molar-refractivity contribution in [3.63, 3.8) is 0 Å². The molecule has 2 rings (SSSR count). The molecule has 7 nitrogen and oxygen atoms in total. The third-order valence-electron chi connectivity index (χ3n) is 4.50. The van der Waals surface area contributed by atoms with Crippen LogP contribution in [0.3, 0.4) is 0 Å². The molecule has 1 N–H and O–H groups in total. The number of tetrazole rings is 1. The molecule has 1 aromatic heterocycles. The lowest BCUT2D eigenvalue weighted by Crippen LogP contribution is -2.29. The van der Waals surface area contributed by atoms with Crippen LogP contribution in [-0.4, -0.2) is 57.2 Å². The highest BCUT2D eigenvalue weighted by molar-refractivity contribution is 5.77. The first-order chi connectivity index (χ1) is 12.7. The first-order valence-electron chi connectivity index (χ1n) is 9.51. The standard InChI is InChI=1S/C19H30N6O/c1-3-24(4-2)14-9-8-13-20-19(26)16-18-21-22-23-25(18)15-12-17-10-6-5-7-11-17/h5-7,10-11H,3-4,8-9,12-16H2,1-2H3,(H,20,26). The third kappa shape index (κ3) is 6.92. The van der Waals surface area contributed by atoms with Crippen molar-refractivity contribution in [3.05, 3.63) is 41.7 Å². The number of aryl methyl sites for hydroxylation is 2. The van der Waals surface area contributed by atoms with Crippen molar-refractivity contribution in [1.82, 2.24) is 30.4 Å². The van der Waals surface area contributed by atoms with Gasteiger partial charge in [-0.25, -0.2) is 4.68 Å². The first-order valence-corrected chi connectivity index (χ1v) is 9.51. The number of carbonyl (C=O) groups excluding carboxylic acids is 1. The number of carbonyl (C=O) groups is 1. The van der Waals surface area contributed by atoms with E-state index in [0.717, 1.165) is 38.9 Å². The second-order valence-corrected chi connectivity index (χ2v) is 6.31. The minimum absolute atomic E-state index is 0.0244. The zero-order chi connectivity index (χ0) is 18.6. The molecule has 0 bridgehead atoms. The van der Waals surface area contributed by atoms with E-state index in [0.29, 0.717) is 18.9 Å². The second kappa shape index (κ2) is 11.4. The highest BCUT2D eigenvalue weighted by Gasteiger charge is 2.11. The SMILES string of the molecule is CCN(CC)CCCCNC(=O)Cc1nnnn1CCc1ccccc1. The van der Waals surface area contributed by atoms with E-state index >= 15 is 0 Å². The Balaban J connectivity index is 1.68. The van der Waals surface area contributed by atoms with Gasteiger partial charge < -0.3 is 10.2 Å². The summed E-state index contributed by atoms with van der Waals surface area (Å²) in [4.78, 5) is 14.5. The van der Waals surface area contributed by atoms with Crippen LogP contribution in [0, 0.1) is 0 Å². The van der Waals surface area contributed by atoms with E-state index in [1.807, 2.05) is 18.2 Å². The van der Waals surface area contributed by atoms with Gasteiger partial charge in [0.2, 0.25) is 5.91 Å². The molecule has 0 unspecified atom stereocenters. The molecular formula is C19H30N6O. The number of hydrogen-bond acceptors (Lipinski definition) is 5. The Morgan fingerprint density at radius 1 is 1.15 bits per heavy atom. The van der Waals surface area contributed by atoms with Gasteiger partial charge in [0.05, 0.1) is 6.42 Å². The summed E-state index contributed by atoms with van der Waals surface area (Å²) in [6.07, 6.45) is 3.14. The van der Waals surface area contributed by atoms with E-state index in [9.17, 15) is 4.79 Å². The van der Waals surface area contributed by atoms with Crippen molar-refractivity contribution >= 4 is 5.91 Å². The van der Waals surface area contributed by atoms with Crippen LogP contribution in [0.25, 0.3) is 0 Å². The molecule has 0 radical (unpaired) electrons. The van der Waals surface area contributed by atoms with Crippen LogP contribution in [0.2, 0.25) is 0 Å². The van der Waals surface area contributed by atoms with Crippen LogP contribution in [-0.2, 0) is 24.2 Å². The van der Waals surface area contributed by atoms with Crippen LogP contribution < -0.4 is 5.32 Å². The Bertz CT molecular complexity index is 638. The highest BCUT2D eigenvalue weighted by atomic mass is 16.1. The Morgan fingerprint density at radius 2 is 1.92 bits per heavy atom. The summed E-state index contributed by atoms with van der Waals surface area (Å²) in [6, 6.07) is 10.2. The molecule has 26 heavy (non-hydrogen) atoms. The van der Waals surface area contributed by atoms with E-state index in [2.05, 4.69) is 51.7 Å². The summed E-state index contributed by atoms with van der Waals surface area (Å²) in [7, 11) is 0. The molecule has 0 saturated carbocycles. The van der Waals surface area contributed by atoms with Crippen molar-refractivity contribution in [1.29, 1.82) is 0 Å². The van der Waals surface area contributed by atoms with Gasteiger partial charge in [-0.15, -0.1) is 5.10 Å². The predicted molar refractivity (Wildman–Crippen MR) is 102 cm³/mol. The van der Waals surface area contributed by atoms with Crippen LogP contribution >= 0.6 is 0 Å². The van der Waals surface area contributed by atoms with Crippen molar-refractivity contribution < 1.29 is 4.79 Å².